The molecule has 0 saturated carbocycles. The molecule has 0 unspecified atom stereocenters. The first-order chi connectivity index (χ1) is 5.79. The molecule has 0 aliphatic heterocycles. The third-order valence-electron chi connectivity index (χ3n) is 1.89. The van der Waals surface area contributed by atoms with E-state index in [2.05, 4.69) is 11.9 Å². The van der Waals surface area contributed by atoms with Gasteiger partial charge in [0, 0.05) is 1.43 Å². The summed E-state index contributed by atoms with van der Waals surface area (Å²) in [5.41, 5.74) is 2.59. The Morgan fingerprint density at radius 3 is 3.17 bits per heavy atom. The van der Waals surface area contributed by atoms with E-state index in [1.54, 1.807) is 0 Å². The van der Waals surface area contributed by atoms with Gasteiger partial charge in [-0.25, -0.2) is 4.79 Å². The van der Waals surface area contributed by atoms with Crippen LogP contribution in [0, 0.1) is 0 Å². The molecule has 0 amide bonds. The molecule has 1 N–H and O–H groups in total. The van der Waals surface area contributed by atoms with E-state index in [-0.39, 0.29) is 1.43 Å². The summed E-state index contributed by atoms with van der Waals surface area (Å²) in [4.78, 5) is 13.4. The Hall–Kier alpha value is -1.51. The molecule has 12 heavy (non-hydrogen) atoms. The lowest BCUT2D eigenvalue weighted by Crippen LogP contribution is -1.92. The van der Waals surface area contributed by atoms with E-state index in [1.807, 2.05) is 18.2 Å². The largest absolute Gasteiger partial charge is 0.417 e. The molecule has 2 aromatic rings. The second-order valence-electron chi connectivity index (χ2n) is 2.70. The van der Waals surface area contributed by atoms with Gasteiger partial charge in [-0.1, -0.05) is 13.0 Å². The van der Waals surface area contributed by atoms with Crippen LogP contribution in [0.25, 0.3) is 11.1 Å². The van der Waals surface area contributed by atoms with Crippen molar-refractivity contribution in [3.63, 3.8) is 0 Å². The van der Waals surface area contributed by atoms with Gasteiger partial charge in [0.15, 0.2) is 5.58 Å². The predicted octanol–water partition coefficient (Wildman–Crippen LogP) is 1.93. The van der Waals surface area contributed by atoms with Crippen LogP contribution in [0.3, 0.4) is 0 Å². The second kappa shape index (κ2) is 2.52. The van der Waals surface area contributed by atoms with Gasteiger partial charge in [-0.3, -0.25) is 4.98 Å². The van der Waals surface area contributed by atoms with E-state index in [9.17, 15) is 4.79 Å². The molecular formula is C9H11NO2. The van der Waals surface area contributed by atoms with Crippen molar-refractivity contribution < 1.29 is 5.84 Å². The first-order valence-electron chi connectivity index (χ1n) is 3.91. The molecule has 3 nitrogen and oxygen atoms in total. The molecule has 0 aliphatic rings. The number of H-pyrrole nitrogens is 1. The van der Waals surface area contributed by atoms with Gasteiger partial charge in [0.2, 0.25) is 0 Å². The highest BCUT2D eigenvalue weighted by Gasteiger charge is 1.99. The highest BCUT2D eigenvalue weighted by atomic mass is 16.4. The number of fused-ring (bicyclic) bond motifs is 1. The van der Waals surface area contributed by atoms with Crippen LogP contribution in [0.4, 0.5) is 0 Å². The van der Waals surface area contributed by atoms with E-state index in [1.165, 1.54) is 5.56 Å². The molecular weight excluding hydrogens is 154 g/mol. The number of aromatic nitrogens is 1. The summed E-state index contributed by atoms with van der Waals surface area (Å²) in [7, 11) is 0. The number of aryl methyl sites for hydroxylation is 1. The van der Waals surface area contributed by atoms with Crippen molar-refractivity contribution in [1.29, 1.82) is 0 Å². The van der Waals surface area contributed by atoms with Crippen LogP contribution < -0.4 is 5.76 Å². The minimum absolute atomic E-state index is 0. The van der Waals surface area contributed by atoms with Gasteiger partial charge in [-0.2, -0.15) is 0 Å². The van der Waals surface area contributed by atoms with Gasteiger partial charge in [0.25, 0.3) is 0 Å². The Morgan fingerprint density at radius 2 is 2.42 bits per heavy atom. The maximum Gasteiger partial charge on any atom is 0.417 e. The van der Waals surface area contributed by atoms with Gasteiger partial charge in [-0.05, 0) is 24.1 Å². The van der Waals surface area contributed by atoms with Crippen molar-refractivity contribution in [3.05, 3.63) is 34.3 Å². The summed E-state index contributed by atoms with van der Waals surface area (Å²) in [6.45, 7) is 2.07. The van der Waals surface area contributed by atoms with E-state index in [0.717, 1.165) is 11.9 Å². The minimum Gasteiger partial charge on any atom is -0.408 e. The number of hydrogen-bond acceptors (Lipinski definition) is 2. The van der Waals surface area contributed by atoms with Gasteiger partial charge >= 0.3 is 5.76 Å². The van der Waals surface area contributed by atoms with E-state index in [4.69, 9.17) is 4.42 Å². The average molecular weight is 165 g/mol. The molecule has 3 heteroatoms. The molecule has 1 aromatic heterocycles. The van der Waals surface area contributed by atoms with Crippen molar-refractivity contribution in [2.45, 2.75) is 13.3 Å². The van der Waals surface area contributed by atoms with E-state index >= 15 is 0 Å². The average Bonchev–Trinajstić information content (AvgIpc) is 2.43. The molecule has 0 atom stereocenters. The Bertz CT molecular complexity index is 458. The fraction of sp³-hybridized carbons (Fsp3) is 0.222. The Kier molecular flexibility index (Phi) is 1.50. The van der Waals surface area contributed by atoms with Crippen LogP contribution in [0.5, 0.6) is 0 Å². The van der Waals surface area contributed by atoms with Crippen LogP contribution in [0.15, 0.2) is 27.4 Å². The van der Waals surface area contributed by atoms with Gasteiger partial charge in [0.1, 0.15) is 0 Å². The molecule has 2 rings (SSSR count). The maximum atomic E-state index is 10.8. The molecule has 1 heterocycles. The molecule has 0 spiro atoms. The summed E-state index contributed by atoms with van der Waals surface area (Å²) in [5.74, 6) is -0.391. The van der Waals surface area contributed by atoms with Crippen molar-refractivity contribution in [2.24, 2.45) is 0 Å². The third kappa shape index (κ3) is 1.03. The van der Waals surface area contributed by atoms with Gasteiger partial charge < -0.3 is 4.42 Å². The minimum atomic E-state index is -0.391. The zero-order chi connectivity index (χ0) is 8.55. The Morgan fingerprint density at radius 1 is 1.58 bits per heavy atom. The summed E-state index contributed by atoms with van der Waals surface area (Å²) in [5, 5.41) is 0. The summed E-state index contributed by atoms with van der Waals surface area (Å²) in [6.07, 6.45) is 0.961. The molecule has 0 fully saturated rings. The number of rotatable bonds is 1. The van der Waals surface area contributed by atoms with Gasteiger partial charge in [-0.15, -0.1) is 0 Å². The Labute approximate surface area is 70.5 Å². The number of aromatic amines is 1. The lowest BCUT2D eigenvalue weighted by Gasteiger charge is -1.92. The number of oxazole rings is 1. The zero-order valence-electron chi connectivity index (χ0n) is 6.76. The summed E-state index contributed by atoms with van der Waals surface area (Å²) in [6, 6.07) is 5.70. The fourth-order valence-electron chi connectivity index (χ4n) is 1.22. The van der Waals surface area contributed by atoms with Crippen LogP contribution >= 0.6 is 0 Å². The third-order valence-corrected chi connectivity index (χ3v) is 1.89. The number of benzene rings is 1. The maximum absolute atomic E-state index is 10.8. The van der Waals surface area contributed by atoms with Gasteiger partial charge in [0.05, 0.1) is 5.52 Å². The topological polar surface area (TPSA) is 46.0 Å². The van der Waals surface area contributed by atoms with Crippen molar-refractivity contribution in [3.8, 4) is 0 Å². The lowest BCUT2D eigenvalue weighted by molar-refractivity contribution is 0.555. The number of nitrogens with one attached hydrogen (secondary N) is 1. The van der Waals surface area contributed by atoms with E-state index < -0.39 is 5.76 Å². The predicted molar refractivity (Wildman–Crippen MR) is 48.3 cm³/mol. The smallest absolute Gasteiger partial charge is 0.408 e. The van der Waals surface area contributed by atoms with Crippen LogP contribution in [0.1, 0.15) is 13.9 Å². The number of hydrogen-bond donors (Lipinski definition) is 1. The monoisotopic (exact) mass is 165 g/mol. The van der Waals surface area contributed by atoms with Crippen LogP contribution in [-0.4, -0.2) is 4.98 Å². The molecule has 0 radical (unpaired) electrons. The Balaban J connectivity index is 0.000000845. The second-order valence-corrected chi connectivity index (χ2v) is 2.70. The standard InChI is InChI=1S/C9H9NO2.H2/c1-2-6-3-4-8-7(5-6)10-9(11)12-8;/h3-5H,2H2,1H3,(H,10,11);1H. The molecule has 0 bridgehead atoms. The summed E-state index contributed by atoms with van der Waals surface area (Å²) < 4.78 is 4.86. The van der Waals surface area contributed by atoms with Crippen molar-refractivity contribution in [2.75, 3.05) is 0 Å². The lowest BCUT2D eigenvalue weighted by atomic mass is 10.1. The first kappa shape index (κ1) is 7.16. The highest BCUT2D eigenvalue weighted by molar-refractivity contribution is 5.72. The van der Waals surface area contributed by atoms with Crippen molar-refractivity contribution in [1.82, 2.24) is 4.98 Å². The van der Waals surface area contributed by atoms with Crippen molar-refractivity contribution >= 4 is 11.1 Å². The van der Waals surface area contributed by atoms with Crippen LogP contribution in [-0.2, 0) is 6.42 Å². The molecule has 1 aromatic carbocycles. The fourth-order valence-corrected chi connectivity index (χ4v) is 1.22. The van der Waals surface area contributed by atoms with E-state index in [0.29, 0.717) is 5.58 Å². The molecule has 64 valence electrons. The highest BCUT2D eigenvalue weighted by Crippen LogP contribution is 2.11. The normalized spacial score (nSPS) is 10.8. The quantitative estimate of drug-likeness (QED) is 0.701. The SMILES string of the molecule is CCc1ccc2oc(=O)[nH]c2c1.[HH]. The molecule has 0 saturated heterocycles. The summed E-state index contributed by atoms with van der Waals surface area (Å²) >= 11 is 0. The zero-order valence-corrected chi connectivity index (χ0v) is 6.76. The molecule has 0 aliphatic carbocycles. The van der Waals surface area contributed by atoms with Crippen LogP contribution in [0.2, 0.25) is 0 Å². The first-order valence-corrected chi connectivity index (χ1v) is 3.91.